The maximum absolute atomic E-state index is 5.64. The van der Waals surface area contributed by atoms with Gasteiger partial charge in [0.25, 0.3) is 4.84 Å². The standard InChI is InChI=1S/C17H16BrN3OS/c1-20(11-13-7-3-2-4-8-13)12-21-17(23)22-16(19-21)14-9-5-6-10-15(14)18/h2-10H,11-12H2,1H3. The first kappa shape index (κ1) is 16.1. The molecule has 0 fully saturated rings. The summed E-state index contributed by atoms with van der Waals surface area (Å²) in [5.74, 6) is 0.524. The van der Waals surface area contributed by atoms with Gasteiger partial charge in [-0.15, -0.1) is 5.10 Å². The van der Waals surface area contributed by atoms with E-state index in [1.165, 1.54) is 5.56 Å². The first-order valence-electron chi connectivity index (χ1n) is 7.19. The number of nitrogens with zero attached hydrogens (tertiary/aromatic N) is 3. The lowest BCUT2D eigenvalue weighted by atomic mass is 10.2. The van der Waals surface area contributed by atoms with Crippen molar-refractivity contribution in [1.82, 2.24) is 14.7 Å². The minimum Gasteiger partial charge on any atom is -0.409 e. The van der Waals surface area contributed by atoms with Gasteiger partial charge in [0, 0.05) is 11.0 Å². The summed E-state index contributed by atoms with van der Waals surface area (Å²) in [4.78, 5) is 2.51. The number of aromatic nitrogens is 2. The van der Waals surface area contributed by atoms with Crippen molar-refractivity contribution in [2.45, 2.75) is 13.2 Å². The number of rotatable bonds is 5. The third-order valence-electron chi connectivity index (χ3n) is 3.38. The van der Waals surface area contributed by atoms with Gasteiger partial charge in [0.05, 0.1) is 12.2 Å². The smallest absolute Gasteiger partial charge is 0.288 e. The Balaban J connectivity index is 1.77. The summed E-state index contributed by atoms with van der Waals surface area (Å²) in [6.07, 6.45) is 0. The molecule has 3 rings (SSSR count). The minimum absolute atomic E-state index is 0.371. The normalized spacial score (nSPS) is 11.1. The van der Waals surface area contributed by atoms with Crippen molar-refractivity contribution in [2.75, 3.05) is 7.05 Å². The van der Waals surface area contributed by atoms with Gasteiger partial charge in [-0.3, -0.25) is 4.90 Å². The molecule has 0 aliphatic rings. The summed E-state index contributed by atoms with van der Waals surface area (Å²) >= 11 is 8.80. The summed E-state index contributed by atoms with van der Waals surface area (Å²) in [7, 11) is 2.03. The average Bonchev–Trinajstić information content (AvgIpc) is 2.89. The van der Waals surface area contributed by atoms with Crippen LogP contribution in [0.3, 0.4) is 0 Å². The zero-order valence-corrected chi connectivity index (χ0v) is 15.0. The van der Waals surface area contributed by atoms with E-state index < -0.39 is 0 Å². The fraction of sp³-hybridized carbons (Fsp3) is 0.176. The molecule has 0 aliphatic carbocycles. The van der Waals surface area contributed by atoms with Crippen molar-refractivity contribution < 1.29 is 4.42 Å². The quantitative estimate of drug-likeness (QED) is 0.591. The number of benzene rings is 2. The van der Waals surface area contributed by atoms with Gasteiger partial charge in [0.2, 0.25) is 5.89 Å². The van der Waals surface area contributed by atoms with Gasteiger partial charge in [-0.2, -0.15) is 0 Å². The summed E-state index contributed by atoms with van der Waals surface area (Å²) in [6, 6.07) is 18.1. The molecule has 0 radical (unpaired) electrons. The van der Waals surface area contributed by atoms with Crippen LogP contribution >= 0.6 is 28.1 Å². The molecule has 0 saturated heterocycles. The Bertz CT molecular complexity index is 844. The topological polar surface area (TPSA) is 34.2 Å². The second-order valence-corrected chi connectivity index (χ2v) is 6.50. The van der Waals surface area contributed by atoms with Gasteiger partial charge in [-0.05, 0) is 52.9 Å². The number of hydrogen-bond donors (Lipinski definition) is 0. The van der Waals surface area contributed by atoms with Gasteiger partial charge in [0.1, 0.15) is 0 Å². The molecule has 23 heavy (non-hydrogen) atoms. The van der Waals surface area contributed by atoms with E-state index in [-0.39, 0.29) is 0 Å². The highest BCUT2D eigenvalue weighted by atomic mass is 79.9. The van der Waals surface area contributed by atoms with E-state index in [1.807, 2.05) is 49.5 Å². The van der Waals surface area contributed by atoms with Crippen LogP contribution in [0.1, 0.15) is 5.56 Å². The molecule has 3 aromatic rings. The molecule has 2 aromatic carbocycles. The molecule has 0 amide bonds. The first-order chi connectivity index (χ1) is 11.1. The fourth-order valence-electron chi connectivity index (χ4n) is 2.31. The predicted octanol–water partition coefficient (Wildman–Crippen LogP) is 4.72. The highest BCUT2D eigenvalue weighted by Crippen LogP contribution is 2.26. The second-order valence-electron chi connectivity index (χ2n) is 5.29. The van der Waals surface area contributed by atoms with Gasteiger partial charge in [-0.1, -0.05) is 42.5 Å². The highest BCUT2D eigenvalue weighted by Gasteiger charge is 2.12. The lowest BCUT2D eigenvalue weighted by Gasteiger charge is -2.15. The molecule has 4 nitrogen and oxygen atoms in total. The number of halogens is 1. The van der Waals surface area contributed by atoms with Gasteiger partial charge >= 0.3 is 0 Å². The van der Waals surface area contributed by atoms with Crippen LogP contribution in [-0.4, -0.2) is 21.7 Å². The van der Waals surface area contributed by atoms with Crippen LogP contribution in [0, 0.1) is 4.84 Å². The molecular weight excluding hydrogens is 374 g/mol. The largest absolute Gasteiger partial charge is 0.409 e. The van der Waals surface area contributed by atoms with Crippen LogP contribution in [0.15, 0.2) is 63.5 Å². The van der Waals surface area contributed by atoms with E-state index >= 15 is 0 Å². The predicted molar refractivity (Wildman–Crippen MR) is 96.4 cm³/mol. The van der Waals surface area contributed by atoms with Crippen LogP contribution in [0.25, 0.3) is 11.5 Å². The third-order valence-corrected chi connectivity index (χ3v) is 4.37. The molecule has 0 N–H and O–H groups in total. The monoisotopic (exact) mass is 389 g/mol. The fourth-order valence-corrected chi connectivity index (χ4v) is 2.94. The van der Waals surface area contributed by atoms with E-state index in [1.54, 1.807) is 4.68 Å². The van der Waals surface area contributed by atoms with E-state index in [0.717, 1.165) is 16.6 Å². The third kappa shape index (κ3) is 3.96. The summed E-state index contributed by atoms with van der Waals surface area (Å²) in [5, 5.41) is 4.50. The van der Waals surface area contributed by atoms with E-state index in [2.05, 4.69) is 38.1 Å². The molecule has 0 aliphatic heterocycles. The Morgan fingerprint density at radius 2 is 1.83 bits per heavy atom. The van der Waals surface area contributed by atoms with Crippen molar-refractivity contribution in [3.63, 3.8) is 0 Å². The highest BCUT2D eigenvalue weighted by molar-refractivity contribution is 9.10. The lowest BCUT2D eigenvalue weighted by molar-refractivity contribution is 0.240. The molecule has 0 spiro atoms. The Morgan fingerprint density at radius 1 is 1.13 bits per heavy atom. The van der Waals surface area contributed by atoms with E-state index in [4.69, 9.17) is 16.6 Å². The van der Waals surface area contributed by atoms with Crippen molar-refractivity contribution in [3.05, 3.63) is 69.5 Å². The zero-order valence-electron chi connectivity index (χ0n) is 12.6. The van der Waals surface area contributed by atoms with Gasteiger partial charge < -0.3 is 4.42 Å². The number of hydrogen-bond acceptors (Lipinski definition) is 4. The van der Waals surface area contributed by atoms with Crippen LogP contribution in [0.4, 0.5) is 0 Å². The minimum atomic E-state index is 0.371. The Labute approximate surface area is 148 Å². The molecule has 1 aromatic heterocycles. The summed E-state index contributed by atoms with van der Waals surface area (Å²) < 4.78 is 8.28. The van der Waals surface area contributed by atoms with Crippen LogP contribution in [0.2, 0.25) is 0 Å². The first-order valence-corrected chi connectivity index (χ1v) is 8.39. The molecule has 6 heteroatoms. The maximum atomic E-state index is 5.64. The van der Waals surface area contributed by atoms with Gasteiger partial charge in [-0.25, -0.2) is 4.68 Å². The molecule has 0 atom stereocenters. The van der Waals surface area contributed by atoms with E-state index in [9.17, 15) is 0 Å². The van der Waals surface area contributed by atoms with Crippen molar-refractivity contribution in [3.8, 4) is 11.5 Å². The molecule has 0 unspecified atom stereocenters. The van der Waals surface area contributed by atoms with Crippen molar-refractivity contribution in [1.29, 1.82) is 0 Å². The average molecular weight is 390 g/mol. The van der Waals surface area contributed by atoms with Crippen molar-refractivity contribution >= 4 is 28.1 Å². The van der Waals surface area contributed by atoms with E-state index in [0.29, 0.717) is 17.4 Å². The summed E-state index contributed by atoms with van der Waals surface area (Å²) in [6.45, 7) is 1.39. The molecule has 1 heterocycles. The Hall–Kier alpha value is -1.76. The maximum Gasteiger partial charge on any atom is 0.288 e. The zero-order chi connectivity index (χ0) is 16.2. The summed E-state index contributed by atoms with van der Waals surface area (Å²) in [5.41, 5.74) is 2.14. The lowest BCUT2D eigenvalue weighted by Crippen LogP contribution is -2.22. The molecule has 0 saturated carbocycles. The molecular formula is C17H16BrN3OS. The second kappa shape index (κ2) is 7.21. The van der Waals surface area contributed by atoms with Crippen LogP contribution in [-0.2, 0) is 13.2 Å². The van der Waals surface area contributed by atoms with Gasteiger partial charge in [0.15, 0.2) is 0 Å². The Kier molecular flexibility index (Phi) is 5.05. The SMILES string of the molecule is CN(Cc1ccccc1)Cn1nc(-c2ccccc2Br)oc1=S. The molecule has 0 bridgehead atoms. The van der Waals surface area contributed by atoms with Crippen molar-refractivity contribution in [2.24, 2.45) is 0 Å². The Morgan fingerprint density at radius 3 is 2.57 bits per heavy atom. The molecule has 118 valence electrons. The van der Waals surface area contributed by atoms with Crippen LogP contribution < -0.4 is 0 Å². The van der Waals surface area contributed by atoms with Crippen LogP contribution in [0.5, 0.6) is 0 Å².